The molecule has 3 aliphatic rings. The number of pyridine rings is 1. The minimum atomic E-state index is -0.411. The molecule has 0 saturated carbocycles. The van der Waals surface area contributed by atoms with Crippen molar-refractivity contribution in [1.82, 2.24) is 25.0 Å². The fourth-order valence-corrected chi connectivity index (χ4v) is 6.42. The van der Waals surface area contributed by atoms with E-state index in [9.17, 15) is 14.4 Å². The standard InChI is InChI=1S/C31H36ClN7O3/c1-31(2)14-26-23(15-34-39(26)18-31)22-13-27(33-16-24(22)32)36-29(41)20-8-10-38(11-9-20)17-19-4-3-5-21(12-19)35-25-6-7-28(40)37-30(25)42/h3-5,12-13,15-16,20,25,35H,6-11,14,17-18H2,1-2H3,(H,33,36,41)(H,37,40,42). The molecular formula is C31H36ClN7O3. The Morgan fingerprint density at radius 1 is 1.12 bits per heavy atom. The average molecular weight is 590 g/mol. The molecule has 11 heteroatoms. The molecule has 2 aromatic heterocycles. The summed E-state index contributed by atoms with van der Waals surface area (Å²) in [6.07, 6.45) is 6.71. The number of rotatable bonds is 7. The first-order chi connectivity index (χ1) is 20.1. The lowest BCUT2D eigenvalue weighted by Crippen LogP contribution is -2.47. The first-order valence-corrected chi connectivity index (χ1v) is 14.9. The molecule has 1 atom stereocenters. The number of hydrogen-bond acceptors (Lipinski definition) is 7. The van der Waals surface area contributed by atoms with Crippen LogP contribution in [-0.4, -0.2) is 56.5 Å². The molecule has 2 fully saturated rings. The molecule has 1 unspecified atom stereocenters. The van der Waals surface area contributed by atoms with Crippen LogP contribution in [0.4, 0.5) is 11.5 Å². The van der Waals surface area contributed by atoms with Crippen LogP contribution < -0.4 is 16.0 Å². The van der Waals surface area contributed by atoms with Crippen LogP contribution in [0.5, 0.6) is 0 Å². The van der Waals surface area contributed by atoms with E-state index in [1.807, 2.05) is 35.1 Å². The summed E-state index contributed by atoms with van der Waals surface area (Å²) in [7, 11) is 0. The van der Waals surface area contributed by atoms with Gasteiger partial charge < -0.3 is 10.6 Å². The van der Waals surface area contributed by atoms with Gasteiger partial charge in [-0.1, -0.05) is 37.6 Å². The van der Waals surface area contributed by atoms with E-state index in [0.29, 0.717) is 23.7 Å². The first-order valence-electron chi connectivity index (χ1n) is 14.6. The Balaban J connectivity index is 1.03. The number of nitrogens with zero attached hydrogens (tertiary/aromatic N) is 4. The van der Waals surface area contributed by atoms with Crippen LogP contribution in [0, 0.1) is 11.3 Å². The molecule has 0 spiro atoms. The first kappa shape index (κ1) is 28.4. The summed E-state index contributed by atoms with van der Waals surface area (Å²) in [6, 6.07) is 9.46. The molecule has 0 radical (unpaired) electrons. The number of likely N-dealkylation sites (tertiary alicyclic amines) is 1. The zero-order valence-electron chi connectivity index (χ0n) is 24.0. The van der Waals surface area contributed by atoms with E-state index in [-0.39, 0.29) is 29.1 Å². The van der Waals surface area contributed by atoms with Crippen molar-refractivity contribution in [2.45, 2.75) is 65.1 Å². The molecule has 220 valence electrons. The smallest absolute Gasteiger partial charge is 0.249 e. The lowest BCUT2D eigenvalue weighted by molar-refractivity contribution is -0.133. The Morgan fingerprint density at radius 2 is 1.93 bits per heavy atom. The van der Waals surface area contributed by atoms with E-state index in [0.717, 1.165) is 73.5 Å². The predicted octanol–water partition coefficient (Wildman–Crippen LogP) is 4.25. The Hall–Kier alpha value is -3.76. The van der Waals surface area contributed by atoms with Gasteiger partial charge in [-0.2, -0.15) is 5.10 Å². The summed E-state index contributed by atoms with van der Waals surface area (Å²) >= 11 is 6.55. The number of aromatic nitrogens is 3. The third-order valence-corrected chi connectivity index (χ3v) is 8.74. The Morgan fingerprint density at radius 3 is 2.71 bits per heavy atom. The Labute approximate surface area is 250 Å². The van der Waals surface area contributed by atoms with Crippen LogP contribution in [-0.2, 0) is 33.9 Å². The van der Waals surface area contributed by atoms with Crippen molar-refractivity contribution in [2.75, 3.05) is 23.7 Å². The number of amides is 3. The van der Waals surface area contributed by atoms with E-state index in [1.165, 1.54) is 0 Å². The number of nitrogens with one attached hydrogen (secondary N) is 3. The summed E-state index contributed by atoms with van der Waals surface area (Å²) in [5, 5.41) is 13.8. The third-order valence-electron chi connectivity index (χ3n) is 8.44. The molecule has 10 nitrogen and oxygen atoms in total. The lowest BCUT2D eigenvalue weighted by Gasteiger charge is -2.31. The molecule has 3 amide bonds. The minimum Gasteiger partial charge on any atom is -0.374 e. The zero-order valence-corrected chi connectivity index (χ0v) is 24.7. The Bertz CT molecular complexity index is 1530. The molecule has 5 heterocycles. The van der Waals surface area contributed by atoms with Gasteiger partial charge in [-0.05, 0) is 68.0 Å². The van der Waals surface area contributed by atoms with Crippen molar-refractivity contribution in [1.29, 1.82) is 0 Å². The number of carbonyl (C=O) groups excluding carboxylic acids is 3. The van der Waals surface area contributed by atoms with Crippen LogP contribution in [0.1, 0.15) is 50.8 Å². The second-order valence-corrected chi connectivity index (χ2v) is 12.8. The summed E-state index contributed by atoms with van der Waals surface area (Å²) in [6.45, 7) is 7.71. The van der Waals surface area contributed by atoms with E-state index in [1.54, 1.807) is 6.20 Å². The van der Waals surface area contributed by atoms with Gasteiger partial charge in [0.25, 0.3) is 0 Å². The normalized spacial score (nSPS) is 20.7. The minimum absolute atomic E-state index is 0.0211. The molecule has 3 aromatic rings. The highest BCUT2D eigenvalue weighted by Gasteiger charge is 2.32. The van der Waals surface area contributed by atoms with Gasteiger partial charge >= 0.3 is 0 Å². The largest absolute Gasteiger partial charge is 0.374 e. The number of benzene rings is 1. The lowest BCUT2D eigenvalue weighted by atomic mass is 9.89. The maximum atomic E-state index is 13.2. The molecule has 0 aliphatic carbocycles. The number of imide groups is 1. The average Bonchev–Trinajstić information content (AvgIpc) is 3.47. The van der Waals surface area contributed by atoms with Gasteiger partial charge in [0.1, 0.15) is 11.9 Å². The summed E-state index contributed by atoms with van der Waals surface area (Å²) in [5.41, 5.74) is 5.13. The maximum absolute atomic E-state index is 13.2. The number of halogens is 1. The quantitative estimate of drug-likeness (QED) is 0.352. The third kappa shape index (κ3) is 6.19. The molecule has 2 saturated heterocycles. The summed E-state index contributed by atoms with van der Waals surface area (Å²) in [5.74, 6) is -0.119. The summed E-state index contributed by atoms with van der Waals surface area (Å²) in [4.78, 5) is 43.5. The van der Waals surface area contributed by atoms with Crippen molar-refractivity contribution in [3.05, 3.63) is 59.0 Å². The monoisotopic (exact) mass is 589 g/mol. The van der Waals surface area contributed by atoms with E-state index in [2.05, 4.69) is 50.8 Å². The maximum Gasteiger partial charge on any atom is 0.249 e. The predicted molar refractivity (Wildman–Crippen MR) is 161 cm³/mol. The van der Waals surface area contributed by atoms with E-state index >= 15 is 0 Å². The van der Waals surface area contributed by atoms with Crippen molar-refractivity contribution in [3.63, 3.8) is 0 Å². The fourth-order valence-electron chi connectivity index (χ4n) is 6.22. The van der Waals surface area contributed by atoms with Crippen LogP contribution in [0.2, 0.25) is 5.02 Å². The van der Waals surface area contributed by atoms with Crippen LogP contribution in [0.25, 0.3) is 11.1 Å². The molecule has 42 heavy (non-hydrogen) atoms. The zero-order chi connectivity index (χ0) is 29.4. The van der Waals surface area contributed by atoms with Crippen molar-refractivity contribution in [3.8, 4) is 11.1 Å². The van der Waals surface area contributed by atoms with Crippen molar-refractivity contribution in [2.24, 2.45) is 11.3 Å². The number of carbonyl (C=O) groups is 3. The molecule has 3 N–H and O–H groups in total. The molecule has 1 aromatic carbocycles. The topological polar surface area (TPSA) is 121 Å². The molecule has 0 bridgehead atoms. The second kappa shape index (κ2) is 11.5. The van der Waals surface area contributed by atoms with Gasteiger partial charge in [-0.15, -0.1) is 0 Å². The van der Waals surface area contributed by atoms with Gasteiger partial charge in [-0.25, -0.2) is 4.98 Å². The van der Waals surface area contributed by atoms with Crippen LogP contribution >= 0.6 is 11.6 Å². The second-order valence-electron chi connectivity index (χ2n) is 12.4. The molecule has 6 rings (SSSR count). The number of hydrogen-bond donors (Lipinski definition) is 3. The number of anilines is 2. The Kier molecular flexibility index (Phi) is 7.76. The van der Waals surface area contributed by atoms with Crippen LogP contribution in [0.3, 0.4) is 0 Å². The van der Waals surface area contributed by atoms with Crippen molar-refractivity contribution < 1.29 is 14.4 Å². The number of piperidine rings is 2. The van der Waals surface area contributed by atoms with E-state index < -0.39 is 6.04 Å². The van der Waals surface area contributed by atoms with Crippen LogP contribution in [0.15, 0.2) is 42.7 Å². The van der Waals surface area contributed by atoms with Gasteiger partial charge in [0.05, 0.1) is 11.2 Å². The fraction of sp³-hybridized carbons (Fsp3) is 0.452. The van der Waals surface area contributed by atoms with Gasteiger partial charge in [0.15, 0.2) is 0 Å². The van der Waals surface area contributed by atoms with Gasteiger partial charge in [-0.3, -0.25) is 29.3 Å². The summed E-state index contributed by atoms with van der Waals surface area (Å²) < 4.78 is 2.04. The highest BCUT2D eigenvalue weighted by Crippen LogP contribution is 2.39. The highest BCUT2D eigenvalue weighted by molar-refractivity contribution is 6.33. The molecule has 3 aliphatic heterocycles. The van der Waals surface area contributed by atoms with E-state index in [4.69, 9.17) is 11.6 Å². The molecular weight excluding hydrogens is 554 g/mol. The number of fused-ring (bicyclic) bond motifs is 1. The van der Waals surface area contributed by atoms with Gasteiger partial charge in [0, 0.05) is 54.1 Å². The van der Waals surface area contributed by atoms with Gasteiger partial charge in [0.2, 0.25) is 17.7 Å². The SMILES string of the molecule is CC1(C)Cc2c(-c3cc(NC(=O)C4CCN(Cc5cccc(NC6CCC(=O)NC6=O)c5)CC4)ncc3Cl)cnn2C1. The van der Waals surface area contributed by atoms with Crippen molar-refractivity contribution >= 4 is 40.8 Å². The highest BCUT2D eigenvalue weighted by atomic mass is 35.5.